The molecular formula is C19H17N3O5S. The Morgan fingerprint density at radius 1 is 1.18 bits per heavy atom. The predicted molar refractivity (Wildman–Crippen MR) is 99.2 cm³/mol. The summed E-state index contributed by atoms with van der Waals surface area (Å²) in [5.74, 6) is -1.06. The van der Waals surface area contributed by atoms with Crippen molar-refractivity contribution in [1.82, 2.24) is 5.27 Å². The number of thioether (sulfide) groups is 1. The molecule has 1 N–H and O–H groups in total. The monoisotopic (exact) mass is 399 g/mol. The molecule has 3 aromatic rings. The Balaban J connectivity index is 1.62. The Bertz CT molecular complexity index is 975. The number of nitrogens with zero attached hydrogens (tertiary/aromatic N) is 2. The number of methoxy groups -OCH3 is 1. The number of benzene rings is 2. The minimum Gasteiger partial charge on any atom is -0.538 e. The normalized spacial score (nSPS) is 10.5. The Kier molecular flexibility index (Phi) is 6.28. The van der Waals surface area contributed by atoms with E-state index < -0.39 is 11.9 Å². The van der Waals surface area contributed by atoms with E-state index in [1.54, 1.807) is 36.4 Å². The van der Waals surface area contributed by atoms with Gasteiger partial charge in [-0.1, -0.05) is 42.1 Å². The molecule has 0 aliphatic heterocycles. The van der Waals surface area contributed by atoms with E-state index in [0.717, 1.165) is 0 Å². The largest absolute Gasteiger partial charge is 0.538 e. The van der Waals surface area contributed by atoms with Gasteiger partial charge in [-0.3, -0.25) is 4.79 Å². The van der Waals surface area contributed by atoms with Gasteiger partial charge in [0.2, 0.25) is 11.6 Å². The van der Waals surface area contributed by atoms with Crippen molar-refractivity contribution in [3.05, 3.63) is 60.2 Å². The van der Waals surface area contributed by atoms with Gasteiger partial charge in [0.1, 0.15) is 0 Å². The van der Waals surface area contributed by atoms with Gasteiger partial charge in [0, 0.05) is 24.3 Å². The number of para-hydroxylation sites is 2. The lowest BCUT2D eigenvalue weighted by Crippen LogP contribution is -2.34. The van der Waals surface area contributed by atoms with Crippen molar-refractivity contribution >= 4 is 29.3 Å². The van der Waals surface area contributed by atoms with Crippen LogP contribution in [0.1, 0.15) is 16.8 Å². The first kappa shape index (κ1) is 19.4. The number of ether oxygens (including phenoxy) is 1. The first-order chi connectivity index (χ1) is 13.6. The van der Waals surface area contributed by atoms with E-state index in [1.165, 1.54) is 23.6 Å². The van der Waals surface area contributed by atoms with Gasteiger partial charge in [-0.05, 0) is 16.8 Å². The smallest absolute Gasteiger partial charge is 0.339 e. The molecule has 0 aliphatic carbocycles. The average Bonchev–Trinajstić information content (AvgIpc) is 3.09. The van der Waals surface area contributed by atoms with Gasteiger partial charge in [0.05, 0.1) is 23.6 Å². The molecule has 1 heterocycles. The highest BCUT2D eigenvalue weighted by molar-refractivity contribution is 7.99. The molecule has 9 heteroatoms. The molecule has 0 radical (unpaired) electrons. The number of hydrogen-bond acceptors (Lipinski definition) is 7. The van der Waals surface area contributed by atoms with Crippen molar-refractivity contribution in [2.45, 2.75) is 11.4 Å². The van der Waals surface area contributed by atoms with Gasteiger partial charge < -0.3 is 19.7 Å². The SMILES string of the molecule is COC(=O)c1ccccc1NC(=O)CCSc1c([O-])on[n+]1-c1ccccc1. The summed E-state index contributed by atoms with van der Waals surface area (Å²) in [6.45, 7) is 0. The number of anilines is 1. The molecule has 2 aromatic carbocycles. The van der Waals surface area contributed by atoms with Crippen LogP contribution in [0.5, 0.6) is 5.95 Å². The molecule has 1 aromatic heterocycles. The topological polar surface area (TPSA) is 108 Å². The molecule has 0 saturated carbocycles. The molecule has 0 bridgehead atoms. The van der Waals surface area contributed by atoms with E-state index >= 15 is 0 Å². The fraction of sp³-hybridized carbons (Fsp3) is 0.158. The number of esters is 1. The van der Waals surface area contributed by atoms with Crippen LogP contribution in [0.3, 0.4) is 0 Å². The minimum absolute atomic E-state index is 0.125. The van der Waals surface area contributed by atoms with Gasteiger partial charge >= 0.3 is 5.97 Å². The van der Waals surface area contributed by atoms with Crippen LogP contribution in [-0.4, -0.2) is 30.0 Å². The van der Waals surface area contributed by atoms with Crippen molar-refractivity contribution in [3.63, 3.8) is 0 Å². The third-order valence-corrected chi connectivity index (χ3v) is 4.77. The number of rotatable bonds is 7. The van der Waals surface area contributed by atoms with Crippen LogP contribution >= 0.6 is 11.8 Å². The Labute approximate surface area is 165 Å². The van der Waals surface area contributed by atoms with Gasteiger partial charge in [-0.25, -0.2) is 4.79 Å². The maximum Gasteiger partial charge on any atom is 0.339 e. The number of hydrogen-bond donors (Lipinski definition) is 1. The van der Waals surface area contributed by atoms with Crippen LogP contribution < -0.4 is 15.1 Å². The second-order valence-corrected chi connectivity index (χ2v) is 6.68. The number of aromatic nitrogens is 2. The summed E-state index contributed by atoms with van der Waals surface area (Å²) in [7, 11) is 1.28. The van der Waals surface area contributed by atoms with Gasteiger partial charge in [0.15, 0.2) is 5.95 Å². The number of carbonyl (C=O) groups excluding carboxylic acids is 2. The lowest BCUT2D eigenvalue weighted by molar-refractivity contribution is -0.705. The van der Waals surface area contributed by atoms with Crippen LogP contribution in [0, 0.1) is 0 Å². The second kappa shape index (κ2) is 9.05. The maximum absolute atomic E-state index is 12.2. The predicted octanol–water partition coefficient (Wildman–Crippen LogP) is 1.93. The van der Waals surface area contributed by atoms with Crippen molar-refractivity contribution in [1.29, 1.82) is 0 Å². The Morgan fingerprint density at radius 3 is 2.64 bits per heavy atom. The van der Waals surface area contributed by atoms with E-state index in [2.05, 4.69) is 10.6 Å². The number of amides is 1. The summed E-state index contributed by atoms with van der Waals surface area (Å²) in [4.78, 5) is 24.0. The minimum atomic E-state index is -0.565. The summed E-state index contributed by atoms with van der Waals surface area (Å²) < 4.78 is 10.9. The molecule has 3 rings (SSSR count). The Morgan fingerprint density at radius 2 is 1.89 bits per heavy atom. The summed E-state index contributed by atoms with van der Waals surface area (Å²) >= 11 is 1.17. The van der Waals surface area contributed by atoms with E-state index in [0.29, 0.717) is 17.1 Å². The summed E-state index contributed by atoms with van der Waals surface area (Å²) in [6, 6.07) is 15.7. The van der Waals surface area contributed by atoms with Crippen molar-refractivity contribution < 1.29 is 28.6 Å². The first-order valence-corrected chi connectivity index (χ1v) is 9.33. The fourth-order valence-corrected chi connectivity index (χ4v) is 3.32. The highest BCUT2D eigenvalue weighted by Crippen LogP contribution is 2.24. The highest BCUT2D eigenvalue weighted by Gasteiger charge is 2.21. The van der Waals surface area contributed by atoms with Crippen molar-refractivity contribution in [2.75, 3.05) is 18.2 Å². The van der Waals surface area contributed by atoms with E-state index in [1.807, 2.05) is 18.2 Å². The molecule has 0 aliphatic rings. The third kappa shape index (κ3) is 4.49. The van der Waals surface area contributed by atoms with Crippen LogP contribution in [0.15, 0.2) is 64.1 Å². The fourth-order valence-electron chi connectivity index (χ4n) is 2.43. The third-order valence-electron chi connectivity index (χ3n) is 3.75. The highest BCUT2D eigenvalue weighted by atomic mass is 32.2. The van der Waals surface area contributed by atoms with Crippen molar-refractivity contribution in [3.8, 4) is 11.6 Å². The van der Waals surface area contributed by atoms with Gasteiger partial charge in [0.25, 0.3) is 5.03 Å². The van der Waals surface area contributed by atoms with Gasteiger partial charge in [-0.15, -0.1) is 0 Å². The standard InChI is InChI=1S/C19H17N3O5S/c1-26-18(24)14-9-5-6-10-15(14)20-16(23)11-12-28-17-19(25)27-21-22(17)13-7-3-2-4-8-13/h2-10H,11-12H2,1H3,(H-,20,21,23,24,25). The van der Waals surface area contributed by atoms with Crippen molar-refractivity contribution in [2.24, 2.45) is 0 Å². The molecule has 0 saturated heterocycles. The van der Waals surface area contributed by atoms with Crippen LogP contribution in [0.4, 0.5) is 5.69 Å². The van der Waals surface area contributed by atoms with Crippen LogP contribution in [0.2, 0.25) is 0 Å². The molecule has 144 valence electrons. The van der Waals surface area contributed by atoms with E-state index in [9.17, 15) is 14.7 Å². The summed E-state index contributed by atoms with van der Waals surface area (Å²) in [6.07, 6.45) is 0.125. The maximum atomic E-state index is 12.2. The van der Waals surface area contributed by atoms with Crippen LogP contribution in [0.25, 0.3) is 5.69 Å². The lowest BCUT2D eigenvalue weighted by atomic mass is 10.2. The zero-order valence-corrected chi connectivity index (χ0v) is 15.8. The molecule has 0 fully saturated rings. The van der Waals surface area contributed by atoms with Crippen LogP contribution in [-0.2, 0) is 9.53 Å². The first-order valence-electron chi connectivity index (χ1n) is 8.34. The molecular weight excluding hydrogens is 382 g/mol. The zero-order chi connectivity index (χ0) is 19.9. The number of carbonyl (C=O) groups is 2. The molecule has 8 nitrogen and oxygen atoms in total. The molecule has 0 spiro atoms. The van der Waals surface area contributed by atoms with E-state index in [-0.39, 0.29) is 22.9 Å². The quantitative estimate of drug-likeness (QED) is 0.367. The molecule has 1 amide bonds. The average molecular weight is 399 g/mol. The molecule has 0 atom stereocenters. The summed E-state index contributed by atoms with van der Waals surface area (Å²) in [5.41, 5.74) is 1.33. The molecule has 28 heavy (non-hydrogen) atoms. The molecule has 0 unspecified atom stereocenters. The van der Waals surface area contributed by atoms with Gasteiger partial charge in [-0.2, -0.15) is 0 Å². The number of nitrogens with one attached hydrogen (secondary N) is 1. The lowest BCUT2D eigenvalue weighted by Gasteiger charge is -2.09. The second-order valence-electron chi connectivity index (χ2n) is 5.60. The Hall–Kier alpha value is -3.33. The van der Waals surface area contributed by atoms with E-state index in [4.69, 9.17) is 9.26 Å². The summed E-state index contributed by atoms with van der Waals surface area (Å²) in [5, 5.41) is 18.6. The zero-order valence-electron chi connectivity index (χ0n) is 15.0.